The zero-order valence-electron chi connectivity index (χ0n) is 37.2. The van der Waals surface area contributed by atoms with Crippen LogP contribution >= 0.6 is 0 Å². The van der Waals surface area contributed by atoms with Crippen molar-refractivity contribution in [2.24, 2.45) is 0 Å². The lowest BCUT2D eigenvalue weighted by Crippen LogP contribution is -2.40. The minimum absolute atomic E-state index is 0.0261. The fourth-order valence-electron chi connectivity index (χ4n) is 9.08. The molecule has 2 unspecified atom stereocenters. The molecule has 0 N–H and O–H groups in total. The van der Waals surface area contributed by atoms with Gasteiger partial charge in [0.1, 0.15) is 46.8 Å². The van der Waals surface area contributed by atoms with Crippen LogP contribution in [0.25, 0.3) is 33.1 Å². The van der Waals surface area contributed by atoms with Gasteiger partial charge in [0.25, 0.3) is 0 Å². The van der Waals surface area contributed by atoms with Gasteiger partial charge < -0.3 is 33.3 Å². The number of methoxy groups -OCH3 is 2. The van der Waals surface area contributed by atoms with E-state index >= 15 is 17.6 Å². The van der Waals surface area contributed by atoms with Gasteiger partial charge in [0.2, 0.25) is 5.88 Å². The third-order valence-electron chi connectivity index (χ3n) is 12.2. The standard InChI is InChI=1S/C48H48F4N8O5S/c1-27-22-36-35(23-54-60(36)37-11-7-8-21-64-37)38(40(27)48(50,51)52)42-41(49)43-39-45(57-47(56-43)66(6)61)59(28(2)26-65-46(39)55-42)29(3)34-10-9-20-53-44(34)58(24-30-12-16-32(62-4)17-13-30)25-31-14-18-33(63-5)19-15-31/h9-10,12-20,22-23,28-29,37H,7-8,11,21,24-26H2,1-6H3/t28-,29+,37?,66?/m0/s1. The second-order valence-electron chi connectivity index (χ2n) is 16.6. The first-order valence-electron chi connectivity index (χ1n) is 21.6. The first-order chi connectivity index (χ1) is 31.7. The van der Waals surface area contributed by atoms with Crippen LogP contribution in [-0.2, 0) is 35.2 Å². The molecule has 9 rings (SSSR count). The Morgan fingerprint density at radius 2 is 1.65 bits per heavy atom. The van der Waals surface area contributed by atoms with E-state index in [4.69, 9.17) is 28.9 Å². The molecule has 0 bridgehead atoms. The molecule has 1 saturated heterocycles. The number of rotatable bonds is 12. The molecule has 0 aliphatic carbocycles. The fraction of sp³-hybridized carbons (Fsp3) is 0.354. The summed E-state index contributed by atoms with van der Waals surface area (Å²) in [7, 11) is 3.23. The molecule has 4 aromatic heterocycles. The average molecular weight is 925 g/mol. The average Bonchev–Trinajstić information content (AvgIpc) is 3.68. The van der Waals surface area contributed by atoms with Crippen molar-refractivity contribution in [3.05, 3.63) is 113 Å². The molecule has 1 fully saturated rings. The Bertz CT molecular complexity index is 2840. The molecule has 3 aromatic carbocycles. The van der Waals surface area contributed by atoms with Gasteiger partial charge in [-0.05, 0) is 93.1 Å². The maximum Gasteiger partial charge on any atom is 0.417 e. The number of halogens is 4. The summed E-state index contributed by atoms with van der Waals surface area (Å²) in [6.45, 7) is 6.56. The Balaban J connectivity index is 1.21. The molecule has 18 heteroatoms. The topological polar surface area (TPSA) is 136 Å². The lowest BCUT2D eigenvalue weighted by atomic mass is 9.94. The number of ether oxygens (including phenoxy) is 4. The Morgan fingerprint density at radius 3 is 2.26 bits per heavy atom. The minimum atomic E-state index is -4.92. The Kier molecular flexibility index (Phi) is 12.4. The number of aromatic nitrogens is 6. The van der Waals surface area contributed by atoms with E-state index in [1.807, 2.05) is 79.4 Å². The van der Waals surface area contributed by atoms with Gasteiger partial charge in [-0.3, -0.25) is 0 Å². The van der Waals surface area contributed by atoms with E-state index in [1.54, 1.807) is 25.1 Å². The van der Waals surface area contributed by atoms with E-state index in [-0.39, 0.29) is 45.3 Å². The highest BCUT2D eigenvalue weighted by Crippen LogP contribution is 2.48. The van der Waals surface area contributed by atoms with Crippen molar-refractivity contribution in [3.8, 4) is 28.6 Å². The molecule has 66 heavy (non-hydrogen) atoms. The third-order valence-corrected chi connectivity index (χ3v) is 12.9. The number of pyridine rings is 2. The van der Waals surface area contributed by atoms with Crippen LogP contribution in [0.2, 0.25) is 0 Å². The van der Waals surface area contributed by atoms with E-state index in [9.17, 15) is 4.55 Å². The van der Waals surface area contributed by atoms with Crippen molar-refractivity contribution < 1.29 is 41.1 Å². The summed E-state index contributed by atoms with van der Waals surface area (Å²) in [5, 5.41) is 4.33. The van der Waals surface area contributed by atoms with Gasteiger partial charge in [-0.25, -0.2) is 19.0 Å². The molecule has 2 aliphatic rings. The first kappa shape index (κ1) is 44.9. The van der Waals surface area contributed by atoms with E-state index in [0.717, 1.165) is 41.0 Å². The minimum Gasteiger partial charge on any atom is -0.609 e. The smallest absolute Gasteiger partial charge is 0.417 e. The number of alkyl halides is 3. The van der Waals surface area contributed by atoms with Gasteiger partial charge in [-0.15, -0.1) is 0 Å². The molecule has 6 heterocycles. The summed E-state index contributed by atoms with van der Waals surface area (Å²) in [5.74, 6) is 0.947. The van der Waals surface area contributed by atoms with Crippen LogP contribution in [0.4, 0.5) is 29.2 Å². The van der Waals surface area contributed by atoms with Crippen molar-refractivity contribution in [1.82, 2.24) is 29.7 Å². The lowest BCUT2D eigenvalue weighted by molar-refractivity contribution is -0.137. The quantitative estimate of drug-likeness (QED) is 0.0656. The van der Waals surface area contributed by atoms with E-state index in [0.29, 0.717) is 37.5 Å². The number of hydrogen-bond donors (Lipinski definition) is 0. The van der Waals surface area contributed by atoms with Crippen molar-refractivity contribution in [1.29, 1.82) is 0 Å². The summed E-state index contributed by atoms with van der Waals surface area (Å²) < 4.78 is 102. The number of anilines is 2. The second kappa shape index (κ2) is 18.2. The normalized spacial score (nSPS) is 17.3. The number of fused-ring (bicyclic) bond motifs is 1. The predicted octanol–water partition coefficient (Wildman–Crippen LogP) is 9.91. The largest absolute Gasteiger partial charge is 0.609 e. The van der Waals surface area contributed by atoms with Gasteiger partial charge >= 0.3 is 11.3 Å². The molecular formula is C48H48F4N8O5S. The molecule has 0 saturated carbocycles. The van der Waals surface area contributed by atoms with E-state index in [1.165, 1.54) is 25.4 Å². The van der Waals surface area contributed by atoms with Crippen molar-refractivity contribution in [3.63, 3.8) is 0 Å². The van der Waals surface area contributed by atoms with Crippen LogP contribution in [0, 0.1) is 12.7 Å². The first-order valence-corrected chi connectivity index (χ1v) is 23.1. The number of hydrogen-bond acceptors (Lipinski definition) is 12. The zero-order valence-corrected chi connectivity index (χ0v) is 38.0. The molecule has 0 radical (unpaired) electrons. The summed E-state index contributed by atoms with van der Waals surface area (Å²) in [6.07, 6.45) is 1.27. The molecule has 0 amide bonds. The van der Waals surface area contributed by atoms with Gasteiger partial charge in [0, 0.05) is 53.6 Å². The van der Waals surface area contributed by atoms with Crippen LogP contribution in [0.1, 0.15) is 73.2 Å². The zero-order chi connectivity index (χ0) is 46.4. The Morgan fingerprint density at radius 1 is 0.970 bits per heavy atom. The summed E-state index contributed by atoms with van der Waals surface area (Å²) in [5.41, 5.74) is 0.380. The van der Waals surface area contributed by atoms with E-state index in [2.05, 4.69) is 20.0 Å². The monoisotopic (exact) mass is 924 g/mol. The summed E-state index contributed by atoms with van der Waals surface area (Å²) in [4.78, 5) is 22.9. The van der Waals surface area contributed by atoms with Gasteiger partial charge in [0.15, 0.2) is 17.9 Å². The molecule has 13 nitrogen and oxygen atoms in total. The second-order valence-corrected chi connectivity index (χ2v) is 17.9. The van der Waals surface area contributed by atoms with Crippen LogP contribution in [-0.4, -0.2) is 74.0 Å². The van der Waals surface area contributed by atoms with Crippen LogP contribution in [0.3, 0.4) is 0 Å². The molecule has 344 valence electrons. The number of nitrogens with zero attached hydrogens (tertiary/aromatic N) is 8. The Hall–Kier alpha value is -6.24. The van der Waals surface area contributed by atoms with Crippen LogP contribution in [0.5, 0.6) is 17.4 Å². The fourth-order valence-corrected chi connectivity index (χ4v) is 9.51. The highest BCUT2D eigenvalue weighted by Gasteiger charge is 2.41. The van der Waals surface area contributed by atoms with Gasteiger partial charge in [0.05, 0.1) is 43.6 Å². The highest BCUT2D eigenvalue weighted by molar-refractivity contribution is 7.90. The third kappa shape index (κ3) is 8.41. The molecule has 4 atom stereocenters. The Labute approximate surface area is 381 Å². The molecule has 7 aromatic rings. The number of aryl methyl sites for hydroxylation is 1. The van der Waals surface area contributed by atoms with E-state index < -0.39 is 58.3 Å². The molecule has 2 aliphatic heterocycles. The summed E-state index contributed by atoms with van der Waals surface area (Å²) >= 11 is -1.86. The van der Waals surface area contributed by atoms with Crippen LogP contribution < -0.4 is 24.0 Å². The SMILES string of the molecule is COc1ccc(CN(Cc2ccc(OC)cc2)c2ncccc2[C@@H](C)N2c3nc([S+](C)[O-])nc4c(F)c(-c5c(C(F)(F)F)c(C)cc6c5cnn6C5CCCCO5)nc(c34)OC[C@@H]2C)cc1. The van der Waals surface area contributed by atoms with Crippen LogP contribution in [0.15, 0.2) is 84.3 Å². The van der Waals surface area contributed by atoms with Gasteiger partial charge in [-0.1, -0.05) is 30.3 Å². The number of benzene rings is 3. The van der Waals surface area contributed by atoms with Crippen molar-refractivity contribution in [2.75, 3.05) is 43.5 Å². The highest BCUT2D eigenvalue weighted by atomic mass is 32.2. The predicted molar refractivity (Wildman–Crippen MR) is 243 cm³/mol. The van der Waals surface area contributed by atoms with Gasteiger partial charge in [-0.2, -0.15) is 28.2 Å². The summed E-state index contributed by atoms with van der Waals surface area (Å²) in [6, 6.07) is 19.7. The maximum absolute atomic E-state index is 17.7. The van der Waals surface area contributed by atoms with Crippen molar-refractivity contribution in [2.45, 2.75) is 82.8 Å². The van der Waals surface area contributed by atoms with Crippen molar-refractivity contribution >= 4 is 44.6 Å². The lowest BCUT2D eigenvalue weighted by Gasteiger charge is -2.36. The molecule has 0 spiro atoms. The maximum atomic E-state index is 17.7. The molecular weight excluding hydrogens is 877 g/mol.